The van der Waals surface area contributed by atoms with Crippen LogP contribution in [0.5, 0.6) is 0 Å². The van der Waals surface area contributed by atoms with Crippen molar-refractivity contribution in [1.82, 2.24) is 0 Å². The van der Waals surface area contributed by atoms with Crippen molar-refractivity contribution in [2.45, 2.75) is 0 Å². The summed E-state index contributed by atoms with van der Waals surface area (Å²) >= 11 is 0. The first-order chi connectivity index (χ1) is 10.8. The summed E-state index contributed by atoms with van der Waals surface area (Å²) in [5.41, 5.74) is 1.29. The number of halogens is 1. The fraction of sp³-hybridized carbons (Fsp3) is 0.0625. The molecule has 0 unspecified atom stereocenters. The molecular weight excluding hydrogens is 319 g/mol. The molecular formula is C16H15FN2O3S. The molecule has 0 aromatic heterocycles. The Kier molecular flexibility index (Phi) is 5.13. The highest BCUT2D eigenvalue weighted by atomic mass is 32.2. The van der Waals surface area contributed by atoms with Gasteiger partial charge in [-0.1, -0.05) is 24.3 Å². The third kappa shape index (κ3) is 5.55. The van der Waals surface area contributed by atoms with E-state index in [1.54, 1.807) is 24.3 Å². The van der Waals surface area contributed by atoms with Crippen molar-refractivity contribution in [2.24, 2.45) is 0 Å². The van der Waals surface area contributed by atoms with Gasteiger partial charge in [-0.3, -0.25) is 9.52 Å². The maximum atomic E-state index is 12.8. The van der Waals surface area contributed by atoms with E-state index >= 15 is 0 Å². The SMILES string of the molecule is CS(=O)(=O)Nc1ccccc1NC(=O)/C=C/c1ccc(F)cc1. The van der Waals surface area contributed by atoms with Gasteiger partial charge in [-0.15, -0.1) is 0 Å². The first kappa shape index (κ1) is 16.7. The highest BCUT2D eigenvalue weighted by Gasteiger charge is 2.08. The molecule has 5 nitrogen and oxygen atoms in total. The fourth-order valence-electron chi connectivity index (χ4n) is 1.80. The number of nitrogens with one attached hydrogen (secondary N) is 2. The zero-order chi connectivity index (χ0) is 16.9. The lowest BCUT2D eigenvalue weighted by Gasteiger charge is -2.10. The van der Waals surface area contributed by atoms with Gasteiger partial charge in [-0.2, -0.15) is 0 Å². The number of hydrogen-bond acceptors (Lipinski definition) is 3. The van der Waals surface area contributed by atoms with Crippen molar-refractivity contribution >= 4 is 33.4 Å². The summed E-state index contributed by atoms with van der Waals surface area (Å²) in [6, 6.07) is 12.1. The largest absolute Gasteiger partial charge is 0.321 e. The lowest BCUT2D eigenvalue weighted by molar-refractivity contribution is -0.111. The van der Waals surface area contributed by atoms with E-state index < -0.39 is 15.9 Å². The van der Waals surface area contributed by atoms with Gasteiger partial charge in [0.25, 0.3) is 0 Å². The van der Waals surface area contributed by atoms with E-state index in [2.05, 4.69) is 10.0 Å². The van der Waals surface area contributed by atoms with Crippen molar-refractivity contribution < 1.29 is 17.6 Å². The number of carbonyl (C=O) groups is 1. The molecule has 2 aromatic rings. The fourth-order valence-corrected chi connectivity index (χ4v) is 2.38. The van der Waals surface area contributed by atoms with Crippen LogP contribution in [-0.4, -0.2) is 20.6 Å². The summed E-state index contributed by atoms with van der Waals surface area (Å²) in [7, 11) is -3.45. The Balaban J connectivity index is 2.10. The van der Waals surface area contributed by atoms with Gasteiger partial charge in [0.15, 0.2) is 0 Å². The molecule has 0 aliphatic carbocycles. The lowest BCUT2D eigenvalue weighted by Crippen LogP contribution is -2.14. The van der Waals surface area contributed by atoms with Crippen molar-refractivity contribution in [1.29, 1.82) is 0 Å². The number of sulfonamides is 1. The monoisotopic (exact) mass is 334 g/mol. The number of para-hydroxylation sites is 2. The Morgan fingerprint density at radius 2 is 1.65 bits per heavy atom. The van der Waals surface area contributed by atoms with Gasteiger partial charge >= 0.3 is 0 Å². The molecule has 1 amide bonds. The van der Waals surface area contributed by atoms with Crippen LogP contribution in [-0.2, 0) is 14.8 Å². The minimum Gasteiger partial charge on any atom is -0.321 e. The van der Waals surface area contributed by atoms with E-state index in [0.717, 1.165) is 6.26 Å². The summed E-state index contributed by atoms with van der Waals surface area (Å²) in [6.07, 6.45) is 3.84. The van der Waals surface area contributed by atoms with Crippen LogP contribution < -0.4 is 10.0 Å². The Labute approximate surface area is 133 Å². The summed E-state index contributed by atoms with van der Waals surface area (Å²) in [5, 5.41) is 2.59. The van der Waals surface area contributed by atoms with Crippen LogP contribution in [0.25, 0.3) is 6.08 Å². The molecule has 0 heterocycles. The van der Waals surface area contributed by atoms with E-state index in [4.69, 9.17) is 0 Å². The third-order valence-electron chi connectivity index (χ3n) is 2.78. The van der Waals surface area contributed by atoms with Crippen LogP contribution in [0.2, 0.25) is 0 Å². The van der Waals surface area contributed by atoms with Gasteiger partial charge in [-0.05, 0) is 35.9 Å². The van der Waals surface area contributed by atoms with Gasteiger partial charge < -0.3 is 5.32 Å². The molecule has 0 aliphatic rings. The molecule has 0 aliphatic heterocycles. The minimum atomic E-state index is -3.45. The Morgan fingerprint density at radius 1 is 1.04 bits per heavy atom. The summed E-state index contributed by atoms with van der Waals surface area (Å²) < 4.78 is 37.7. The molecule has 2 N–H and O–H groups in total. The van der Waals surface area contributed by atoms with E-state index in [0.29, 0.717) is 11.3 Å². The smallest absolute Gasteiger partial charge is 0.248 e. The van der Waals surface area contributed by atoms with Crippen molar-refractivity contribution in [2.75, 3.05) is 16.3 Å². The van der Waals surface area contributed by atoms with Crippen molar-refractivity contribution in [3.8, 4) is 0 Å². The van der Waals surface area contributed by atoms with E-state index in [1.165, 1.54) is 36.4 Å². The highest BCUT2D eigenvalue weighted by Crippen LogP contribution is 2.21. The van der Waals surface area contributed by atoms with Gasteiger partial charge in [0.1, 0.15) is 5.82 Å². The summed E-state index contributed by atoms with van der Waals surface area (Å²) in [6.45, 7) is 0. The Hall–Kier alpha value is -2.67. The van der Waals surface area contributed by atoms with E-state index in [-0.39, 0.29) is 11.5 Å². The van der Waals surface area contributed by atoms with Crippen LogP contribution >= 0.6 is 0 Å². The topological polar surface area (TPSA) is 75.3 Å². The van der Waals surface area contributed by atoms with E-state index in [9.17, 15) is 17.6 Å². The zero-order valence-corrected chi connectivity index (χ0v) is 13.1. The maximum absolute atomic E-state index is 12.8. The van der Waals surface area contributed by atoms with Gasteiger partial charge in [0.05, 0.1) is 17.6 Å². The maximum Gasteiger partial charge on any atom is 0.248 e. The van der Waals surface area contributed by atoms with Crippen LogP contribution in [0.1, 0.15) is 5.56 Å². The number of hydrogen-bond donors (Lipinski definition) is 2. The number of amides is 1. The molecule has 23 heavy (non-hydrogen) atoms. The van der Waals surface area contributed by atoms with Crippen LogP contribution in [0, 0.1) is 5.82 Å². The van der Waals surface area contributed by atoms with Crippen LogP contribution in [0.3, 0.4) is 0 Å². The lowest BCUT2D eigenvalue weighted by atomic mass is 10.2. The second kappa shape index (κ2) is 7.06. The van der Waals surface area contributed by atoms with Crippen molar-refractivity contribution in [3.05, 3.63) is 66.0 Å². The molecule has 7 heteroatoms. The molecule has 0 atom stereocenters. The normalized spacial score (nSPS) is 11.4. The van der Waals surface area contributed by atoms with E-state index in [1.807, 2.05) is 0 Å². The molecule has 0 bridgehead atoms. The molecule has 2 aromatic carbocycles. The molecule has 0 saturated heterocycles. The number of rotatable bonds is 5. The molecule has 0 spiro atoms. The quantitative estimate of drug-likeness (QED) is 0.826. The zero-order valence-electron chi connectivity index (χ0n) is 12.3. The first-order valence-corrected chi connectivity index (χ1v) is 8.54. The Morgan fingerprint density at radius 3 is 2.26 bits per heavy atom. The van der Waals surface area contributed by atoms with Gasteiger partial charge in [-0.25, -0.2) is 12.8 Å². The molecule has 0 fully saturated rings. The molecule has 2 rings (SSSR count). The predicted molar refractivity (Wildman–Crippen MR) is 89.0 cm³/mol. The standard InChI is InChI=1S/C16H15FN2O3S/c1-23(21,22)19-15-5-3-2-4-14(15)18-16(20)11-8-12-6-9-13(17)10-7-12/h2-11,19H,1H3,(H,18,20)/b11-8+. The molecule has 120 valence electrons. The summed E-state index contributed by atoms with van der Waals surface area (Å²) in [5.74, 6) is -0.788. The molecule has 0 radical (unpaired) electrons. The average Bonchev–Trinajstić information content (AvgIpc) is 2.47. The number of anilines is 2. The predicted octanol–water partition coefficient (Wildman–Crippen LogP) is 2.85. The van der Waals surface area contributed by atoms with Crippen LogP contribution in [0.15, 0.2) is 54.6 Å². The number of carbonyl (C=O) groups excluding carboxylic acids is 1. The highest BCUT2D eigenvalue weighted by molar-refractivity contribution is 7.92. The first-order valence-electron chi connectivity index (χ1n) is 6.65. The number of benzene rings is 2. The van der Waals surface area contributed by atoms with Crippen molar-refractivity contribution in [3.63, 3.8) is 0 Å². The summed E-state index contributed by atoms with van der Waals surface area (Å²) in [4.78, 5) is 11.9. The molecule has 0 saturated carbocycles. The Bertz CT molecular complexity index is 831. The second-order valence-corrected chi connectivity index (χ2v) is 6.54. The minimum absolute atomic E-state index is 0.276. The second-order valence-electron chi connectivity index (χ2n) is 4.79. The third-order valence-corrected chi connectivity index (χ3v) is 3.37. The van der Waals surface area contributed by atoms with Crippen LogP contribution in [0.4, 0.5) is 15.8 Å². The average molecular weight is 334 g/mol. The van der Waals surface area contributed by atoms with Gasteiger partial charge in [0, 0.05) is 6.08 Å². The van der Waals surface area contributed by atoms with Gasteiger partial charge in [0.2, 0.25) is 15.9 Å².